The Balaban J connectivity index is 1.75. The van der Waals surface area contributed by atoms with Crippen LogP contribution >= 0.6 is 23.2 Å². The Morgan fingerprint density at radius 2 is 1.63 bits per heavy atom. The second-order valence-electron chi connectivity index (χ2n) is 7.19. The molecule has 0 radical (unpaired) electrons. The summed E-state index contributed by atoms with van der Waals surface area (Å²) in [5.41, 5.74) is 2.09. The molecule has 1 amide bonds. The van der Waals surface area contributed by atoms with E-state index in [1.807, 2.05) is 36.4 Å². The van der Waals surface area contributed by atoms with Gasteiger partial charge in [-0.2, -0.15) is 0 Å². The van der Waals surface area contributed by atoms with Crippen LogP contribution in [0.5, 0.6) is 0 Å². The van der Waals surface area contributed by atoms with Crippen molar-refractivity contribution in [1.82, 2.24) is 4.90 Å². The lowest BCUT2D eigenvalue weighted by Gasteiger charge is -2.25. The van der Waals surface area contributed by atoms with E-state index in [0.29, 0.717) is 33.1 Å². The largest absolute Gasteiger partial charge is 0.450 e. The molecule has 1 aliphatic rings. The number of fused-ring (bicyclic) bond motifs is 2. The van der Waals surface area contributed by atoms with Gasteiger partial charge in [0.1, 0.15) is 5.58 Å². The molecular formula is C24H15Cl2NO3. The Bertz CT molecular complexity index is 1350. The quantitative estimate of drug-likeness (QED) is 0.405. The van der Waals surface area contributed by atoms with Gasteiger partial charge in [-0.3, -0.25) is 9.59 Å². The fourth-order valence-corrected chi connectivity index (χ4v) is 4.33. The van der Waals surface area contributed by atoms with Gasteiger partial charge in [0.2, 0.25) is 5.76 Å². The number of carbonyl (C=O) groups excluding carboxylic acids is 1. The molecule has 4 nitrogen and oxygen atoms in total. The van der Waals surface area contributed by atoms with Crippen molar-refractivity contribution in [3.8, 4) is 0 Å². The lowest BCUT2D eigenvalue weighted by Crippen LogP contribution is -2.29. The van der Waals surface area contributed by atoms with E-state index in [2.05, 4.69) is 0 Å². The summed E-state index contributed by atoms with van der Waals surface area (Å²) in [5.74, 6) is -0.261. The van der Waals surface area contributed by atoms with Crippen molar-refractivity contribution in [2.45, 2.75) is 12.6 Å². The highest BCUT2D eigenvalue weighted by molar-refractivity contribution is 6.31. The summed E-state index contributed by atoms with van der Waals surface area (Å²) in [6, 6.07) is 21.0. The van der Waals surface area contributed by atoms with Crippen LogP contribution in [0.15, 0.2) is 82.0 Å². The number of rotatable bonds is 3. The van der Waals surface area contributed by atoms with Crippen molar-refractivity contribution >= 4 is 40.1 Å². The third-order valence-corrected chi connectivity index (χ3v) is 5.76. The minimum atomic E-state index is -0.606. The van der Waals surface area contributed by atoms with Crippen molar-refractivity contribution in [3.05, 3.63) is 116 Å². The standard InChI is InChI=1S/C24H15Cl2NO3/c25-16-8-4-7-15(11-16)21-20-22(28)18-12-17(26)9-10-19(18)30-23(20)24(29)27(21)13-14-5-2-1-3-6-14/h1-12,21H,13H2. The van der Waals surface area contributed by atoms with Crippen molar-refractivity contribution in [2.75, 3.05) is 0 Å². The first kappa shape index (κ1) is 18.9. The number of hydrogen-bond donors (Lipinski definition) is 0. The molecule has 6 heteroatoms. The number of carbonyl (C=O) groups is 1. The molecule has 5 rings (SSSR count). The van der Waals surface area contributed by atoms with Gasteiger partial charge in [-0.25, -0.2) is 0 Å². The molecule has 4 aromatic rings. The molecule has 0 saturated heterocycles. The third-order valence-electron chi connectivity index (χ3n) is 5.29. The van der Waals surface area contributed by atoms with E-state index in [9.17, 15) is 9.59 Å². The average Bonchev–Trinajstić information content (AvgIpc) is 3.02. The van der Waals surface area contributed by atoms with Crippen LogP contribution in [0.4, 0.5) is 0 Å². The zero-order valence-corrected chi connectivity index (χ0v) is 17.2. The first-order valence-electron chi connectivity index (χ1n) is 9.39. The normalized spacial score (nSPS) is 15.6. The molecule has 148 valence electrons. The van der Waals surface area contributed by atoms with Crippen LogP contribution in [0.3, 0.4) is 0 Å². The second-order valence-corrected chi connectivity index (χ2v) is 8.06. The Labute approximate surface area is 182 Å². The van der Waals surface area contributed by atoms with Gasteiger partial charge in [0.05, 0.1) is 17.0 Å². The molecule has 0 fully saturated rings. The Morgan fingerprint density at radius 1 is 0.867 bits per heavy atom. The molecule has 1 aromatic heterocycles. The Kier molecular flexibility index (Phi) is 4.61. The summed E-state index contributed by atoms with van der Waals surface area (Å²) in [4.78, 5) is 28.5. The van der Waals surface area contributed by atoms with E-state index in [1.54, 1.807) is 41.3 Å². The molecule has 1 aliphatic heterocycles. The second kappa shape index (κ2) is 7.31. The van der Waals surface area contributed by atoms with Gasteiger partial charge in [0.25, 0.3) is 5.91 Å². The van der Waals surface area contributed by atoms with Crippen LogP contribution in [-0.2, 0) is 6.54 Å². The Morgan fingerprint density at radius 3 is 2.40 bits per heavy atom. The molecule has 1 atom stereocenters. The molecule has 2 heterocycles. The SMILES string of the molecule is O=C1c2oc3ccc(Cl)cc3c(=O)c2C(c2cccc(Cl)c2)N1Cc1ccccc1. The topological polar surface area (TPSA) is 50.5 Å². The van der Waals surface area contributed by atoms with Gasteiger partial charge in [-0.05, 0) is 41.5 Å². The molecule has 0 aliphatic carbocycles. The fraction of sp³-hybridized carbons (Fsp3) is 0.0833. The predicted molar refractivity (Wildman–Crippen MR) is 117 cm³/mol. The fourth-order valence-electron chi connectivity index (χ4n) is 3.96. The monoisotopic (exact) mass is 435 g/mol. The van der Waals surface area contributed by atoms with E-state index in [4.69, 9.17) is 27.6 Å². The summed E-state index contributed by atoms with van der Waals surface area (Å²) in [7, 11) is 0. The minimum Gasteiger partial charge on any atom is -0.450 e. The Hall–Kier alpha value is -3.08. The molecule has 1 unspecified atom stereocenters. The highest BCUT2D eigenvalue weighted by Crippen LogP contribution is 2.39. The lowest BCUT2D eigenvalue weighted by atomic mass is 9.98. The van der Waals surface area contributed by atoms with Crippen molar-refractivity contribution in [1.29, 1.82) is 0 Å². The van der Waals surface area contributed by atoms with Gasteiger partial charge < -0.3 is 9.32 Å². The summed E-state index contributed by atoms with van der Waals surface area (Å²) in [5, 5.41) is 1.31. The smallest absolute Gasteiger partial charge is 0.291 e. The zero-order chi connectivity index (χ0) is 20.8. The van der Waals surface area contributed by atoms with Crippen LogP contribution in [-0.4, -0.2) is 10.8 Å². The number of benzene rings is 3. The van der Waals surface area contributed by atoms with Gasteiger partial charge in [0.15, 0.2) is 5.43 Å². The lowest BCUT2D eigenvalue weighted by molar-refractivity contribution is 0.0714. The maximum Gasteiger partial charge on any atom is 0.291 e. The molecule has 30 heavy (non-hydrogen) atoms. The van der Waals surface area contributed by atoms with Crippen molar-refractivity contribution in [3.63, 3.8) is 0 Å². The zero-order valence-electron chi connectivity index (χ0n) is 15.6. The number of amides is 1. The number of hydrogen-bond acceptors (Lipinski definition) is 3. The van der Waals surface area contributed by atoms with Crippen molar-refractivity contribution in [2.24, 2.45) is 0 Å². The van der Waals surface area contributed by atoms with Crippen LogP contribution in [0.25, 0.3) is 11.0 Å². The molecule has 0 N–H and O–H groups in total. The van der Waals surface area contributed by atoms with Gasteiger partial charge in [-0.15, -0.1) is 0 Å². The maximum absolute atomic E-state index is 13.5. The summed E-state index contributed by atoms with van der Waals surface area (Å²) in [6.07, 6.45) is 0. The van der Waals surface area contributed by atoms with E-state index in [1.165, 1.54) is 0 Å². The van der Waals surface area contributed by atoms with Crippen LogP contribution < -0.4 is 5.43 Å². The molecule has 3 aromatic carbocycles. The first-order valence-corrected chi connectivity index (χ1v) is 10.1. The summed E-state index contributed by atoms with van der Waals surface area (Å²) in [6.45, 7) is 0.331. The highest BCUT2D eigenvalue weighted by Gasteiger charge is 2.42. The van der Waals surface area contributed by atoms with E-state index >= 15 is 0 Å². The highest BCUT2D eigenvalue weighted by atomic mass is 35.5. The number of nitrogens with zero attached hydrogens (tertiary/aromatic N) is 1. The van der Waals surface area contributed by atoms with Gasteiger partial charge in [0, 0.05) is 16.6 Å². The predicted octanol–water partition coefficient (Wildman–Crippen LogP) is 5.85. The van der Waals surface area contributed by atoms with Crippen molar-refractivity contribution < 1.29 is 9.21 Å². The molecule has 0 spiro atoms. The van der Waals surface area contributed by atoms with Crippen LogP contribution in [0.2, 0.25) is 10.0 Å². The minimum absolute atomic E-state index is 0.0655. The van der Waals surface area contributed by atoms with Crippen LogP contribution in [0, 0.1) is 0 Å². The van der Waals surface area contributed by atoms with E-state index < -0.39 is 6.04 Å². The number of halogens is 2. The van der Waals surface area contributed by atoms with E-state index in [-0.39, 0.29) is 17.1 Å². The molecule has 0 bridgehead atoms. The summed E-state index contributed by atoms with van der Waals surface area (Å²) >= 11 is 12.3. The molecule has 0 saturated carbocycles. The third kappa shape index (κ3) is 3.09. The summed E-state index contributed by atoms with van der Waals surface area (Å²) < 4.78 is 5.92. The average molecular weight is 436 g/mol. The van der Waals surface area contributed by atoms with Gasteiger partial charge in [-0.1, -0.05) is 65.7 Å². The first-order chi connectivity index (χ1) is 14.5. The van der Waals surface area contributed by atoms with Crippen LogP contribution in [0.1, 0.15) is 33.3 Å². The van der Waals surface area contributed by atoms with Gasteiger partial charge >= 0.3 is 0 Å². The van der Waals surface area contributed by atoms with E-state index in [0.717, 1.165) is 11.1 Å². The molecular weight excluding hydrogens is 421 g/mol. The maximum atomic E-state index is 13.5.